The normalized spacial score (nSPS) is 18.2. The lowest BCUT2D eigenvalue weighted by atomic mass is 10.1. The van der Waals surface area contributed by atoms with E-state index in [4.69, 9.17) is 0 Å². The van der Waals surface area contributed by atoms with E-state index in [1.807, 2.05) is 0 Å². The van der Waals surface area contributed by atoms with Gasteiger partial charge in [-0.05, 0) is 30.7 Å². The second-order valence-electron chi connectivity index (χ2n) is 4.86. The molecule has 2 rings (SSSR count). The summed E-state index contributed by atoms with van der Waals surface area (Å²) in [5, 5.41) is 0. The molecule has 1 aromatic rings. The third kappa shape index (κ3) is 2.75. The van der Waals surface area contributed by atoms with E-state index < -0.39 is 11.9 Å². The number of carbonyl (C=O) groups excluding carboxylic acids is 3. The molecule has 6 heteroatoms. The van der Waals surface area contributed by atoms with Crippen LogP contribution in [0.2, 0.25) is 0 Å². The van der Waals surface area contributed by atoms with E-state index in [1.165, 1.54) is 4.90 Å². The number of hydrogen-bond acceptors (Lipinski definition) is 3. The maximum Gasteiger partial charge on any atom is 0.261 e. The first-order chi connectivity index (χ1) is 9.41. The van der Waals surface area contributed by atoms with Crippen LogP contribution in [0.15, 0.2) is 28.7 Å². The zero-order valence-electron chi connectivity index (χ0n) is 11.3. The van der Waals surface area contributed by atoms with Gasteiger partial charge in [0.15, 0.2) is 0 Å². The van der Waals surface area contributed by atoms with Gasteiger partial charge in [0.25, 0.3) is 5.91 Å². The van der Waals surface area contributed by atoms with Crippen LogP contribution in [0.25, 0.3) is 0 Å². The molecule has 0 bridgehead atoms. The van der Waals surface area contributed by atoms with Crippen LogP contribution < -0.4 is 0 Å². The lowest BCUT2D eigenvalue weighted by Gasteiger charge is -2.24. The lowest BCUT2D eigenvalue weighted by Crippen LogP contribution is -2.47. The van der Waals surface area contributed by atoms with Crippen LogP contribution in [-0.4, -0.2) is 47.7 Å². The molecule has 106 valence electrons. The highest BCUT2D eigenvalue weighted by Gasteiger charge is 2.41. The standard InChI is InChI=1S/C14H15BrN2O3/c1-16(2)14(20)11-7-8-12(18)17(11)13(19)9-3-5-10(15)6-4-9/h3-6,11H,7-8H2,1-2H3. The minimum absolute atomic E-state index is 0.221. The molecule has 0 saturated carbocycles. The Hall–Kier alpha value is -1.69. The average molecular weight is 339 g/mol. The van der Waals surface area contributed by atoms with Crippen LogP contribution in [0.4, 0.5) is 0 Å². The molecule has 0 radical (unpaired) electrons. The second kappa shape index (κ2) is 5.75. The number of halogens is 1. The summed E-state index contributed by atoms with van der Waals surface area (Å²) in [6.45, 7) is 0. The summed E-state index contributed by atoms with van der Waals surface area (Å²) >= 11 is 3.29. The SMILES string of the molecule is CN(C)C(=O)C1CCC(=O)N1C(=O)c1ccc(Br)cc1. The molecule has 0 aliphatic carbocycles. The Bertz CT molecular complexity index is 554. The van der Waals surface area contributed by atoms with Gasteiger partial charge in [-0.2, -0.15) is 0 Å². The van der Waals surface area contributed by atoms with Crippen molar-refractivity contribution in [3.05, 3.63) is 34.3 Å². The molecule has 0 aromatic heterocycles. The van der Waals surface area contributed by atoms with Crippen LogP contribution >= 0.6 is 15.9 Å². The van der Waals surface area contributed by atoms with E-state index in [-0.39, 0.29) is 18.2 Å². The number of benzene rings is 1. The van der Waals surface area contributed by atoms with Gasteiger partial charge in [-0.1, -0.05) is 15.9 Å². The highest BCUT2D eigenvalue weighted by Crippen LogP contribution is 2.23. The Morgan fingerprint density at radius 2 is 1.85 bits per heavy atom. The van der Waals surface area contributed by atoms with Crippen molar-refractivity contribution in [1.29, 1.82) is 0 Å². The van der Waals surface area contributed by atoms with Crippen molar-refractivity contribution in [1.82, 2.24) is 9.80 Å². The topological polar surface area (TPSA) is 57.7 Å². The fourth-order valence-electron chi connectivity index (χ4n) is 2.20. The zero-order valence-corrected chi connectivity index (χ0v) is 12.9. The fraction of sp³-hybridized carbons (Fsp3) is 0.357. The van der Waals surface area contributed by atoms with Gasteiger partial charge >= 0.3 is 0 Å². The molecule has 0 N–H and O–H groups in total. The van der Waals surface area contributed by atoms with E-state index in [0.29, 0.717) is 12.0 Å². The molecular weight excluding hydrogens is 324 g/mol. The maximum atomic E-state index is 12.4. The minimum atomic E-state index is -0.686. The number of likely N-dealkylation sites (tertiary alicyclic amines) is 1. The number of carbonyl (C=O) groups is 3. The maximum absolute atomic E-state index is 12.4. The summed E-state index contributed by atoms with van der Waals surface area (Å²) in [5.41, 5.74) is 0.403. The number of amides is 3. The van der Waals surface area contributed by atoms with Crippen LogP contribution in [0.3, 0.4) is 0 Å². The molecule has 1 aliphatic rings. The summed E-state index contributed by atoms with van der Waals surface area (Å²) in [7, 11) is 3.24. The van der Waals surface area contributed by atoms with Gasteiger partial charge in [0.2, 0.25) is 11.8 Å². The Morgan fingerprint density at radius 1 is 1.25 bits per heavy atom. The van der Waals surface area contributed by atoms with Crippen LogP contribution in [0, 0.1) is 0 Å². The van der Waals surface area contributed by atoms with Gasteiger partial charge < -0.3 is 4.90 Å². The highest BCUT2D eigenvalue weighted by atomic mass is 79.9. The van der Waals surface area contributed by atoms with E-state index in [1.54, 1.807) is 38.4 Å². The Labute approximate surface area is 125 Å². The molecule has 1 saturated heterocycles. The smallest absolute Gasteiger partial charge is 0.261 e. The highest BCUT2D eigenvalue weighted by molar-refractivity contribution is 9.10. The Balaban J connectivity index is 2.28. The quantitative estimate of drug-likeness (QED) is 0.770. The average Bonchev–Trinajstić information content (AvgIpc) is 2.79. The predicted molar refractivity (Wildman–Crippen MR) is 77.0 cm³/mol. The second-order valence-corrected chi connectivity index (χ2v) is 5.78. The molecule has 3 amide bonds. The van der Waals surface area contributed by atoms with Crippen LogP contribution in [0.5, 0.6) is 0 Å². The van der Waals surface area contributed by atoms with E-state index in [2.05, 4.69) is 15.9 Å². The molecule has 5 nitrogen and oxygen atoms in total. The van der Waals surface area contributed by atoms with Crippen LogP contribution in [0.1, 0.15) is 23.2 Å². The predicted octanol–water partition coefficient (Wildman–Crippen LogP) is 1.67. The molecule has 20 heavy (non-hydrogen) atoms. The molecule has 0 spiro atoms. The van der Waals surface area contributed by atoms with Gasteiger partial charge in [-0.25, -0.2) is 0 Å². The van der Waals surface area contributed by atoms with Gasteiger partial charge in [0.1, 0.15) is 6.04 Å². The van der Waals surface area contributed by atoms with Crippen molar-refractivity contribution in [3.8, 4) is 0 Å². The molecule has 1 atom stereocenters. The molecule has 1 aliphatic heterocycles. The van der Waals surface area contributed by atoms with Gasteiger partial charge in [-0.15, -0.1) is 0 Å². The molecule has 1 heterocycles. The summed E-state index contributed by atoms with van der Waals surface area (Å²) in [4.78, 5) is 38.9. The van der Waals surface area contributed by atoms with Gasteiger partial charge in [-0.3, -0.25) is 19.3 Å². The van der Waals surface area contributed by atoms with Crippen molar-refractivity contribution in [2.45, 2.75) is 18.9 Å². The number of nitrogens with zero attached hydrogens (tertiary/aromatic N) is 2. The first-order valence-electron chi connectivity index (χ1n) is 6.25. The monoisotopic (exact) mass is 338 g/mol. The van der Waals surface area contributed by atoms with Crippen molar-refractivity contribution in [3.63, 3.8) is 0 Å². The van der Waals surface area contributed by atoms with Gasteiger partial charge in [0.05, 0.1) is 0 Å². The van der Waals surface area contributed by atoms with Crippen molar-refractivity contribution < 1.29 is 14.4 Å². The number of likely N-dealkylation sites (N-methyl/N-ethyl adjacent to an activating group) is 1. The van der Waals surface area contributed by atoms with E-state index in [0.717, 1.165) is 9.37 Å². The summed E-state index contributed by atoms with van der Waals surface area (Å²) in [5.74, 6) is -0.931. The summed E-state index contributed by atoms with van der Waals surface area (Å²) in [6.07, 6.45) is 0.616. The first-order valence-corrected chi connectivity index (χ1v) is 7.04. The first kappa shape index (κ1) is 14.7. The summed E-state index contributed by atoms with van der Waals surface area (Å²) in [6, 6.07) is 6.05. The Kier molecular flexibility index (Phi) is 4.23. The van der Waals surface area contributed by atoms with Gasteiger partial charge in [0, 0.05) is 30.6 Å². The zero-order chi connectivity index (χ0) is 14.9. The fourth-order valence-corrected chi connectivity index (χ4v) is 2.47. The largest absolute Gasteiger partial charge is 0.347 e. The molecular formula is C14H15BrN2O3. The molecule has 1 fully saturated rings. The van der Waals surface area contributed by atoms with E-state index in [9.17, 15) is 14.4 Å². The number of rotatable bonds is 2. The molecule has 1 aromatic carbocycles. The van der Waals surface area contributed by atoms with Crippen LogP contribution in [-0.2, 0) is 9.59 Å². The van der Waals surface area contributed by atoms with Crippen molar-refractivity contribution in [2.75, 3.05) is 14.1 Å². The summed E-state index contributed by atoms with van der Waals surface area (Å²) < 4.78 is 0.850. The third-order valence-corrected chi connectivity index (χ3v) is 3.78. The van der Waals surface area contributed by atoms with Crippen molar-refractivity contribution in [2.24, 2.45) is 0 Å². The Morgan fingerprint density at radius 3 is 2.40 bits per heavy atom. The van der Waals surface area contributed by atoms with Crippen molar-refractivity contribution >= 4 is 33.7 Å². The third-order valence-electron chi connectivity index (χ3n) is 3.25. The lowest BCUT2D eigenvalue weighted by molar-refractivity contribution is -0.137. The number of hydrogen-bond donors (Lipinski definition) is 0. The number of imide groups is 1. The van der Waals surface area contributed by atoms with E-state index >= 15 is 0 Å². The minimum Gasteiger partial charge on any atom is -0.347 e. The molecule has 1 unspecified atom stereocenters.